The standard InChI is InChI=1S/C10H14N2/c1-7-4-8(2-3-12-7)10-5-9(10)6-11/h2-4,9-10H,5-6,11H2,1H3. The van der Waals surface area contributed by atoms with Crippen LogP contribution in [0.15, 0.2) is 18.3 Å². The molecule has 2 unspecified atom stereocenters. The van der Waals surface area contributed by atoms with Crippen LogP contribution in [0.1, 0.15) is 23.6 Å². The molecule has 64 valence electrons. The quantitative estimate of drug-likeness (QED) is 0.715. The van der Waals surface area contributed by atoms with Crippen LogP contribution in [0.4, 0.5) is 0 Å². The van der Waals surface area contributed by atoms with Gasteiger partial charge in [0.2, 0.25) is 0 Å². The van der Waals surface area contributed by atoms with Crippen LogP contribution in [0.25, 0.3) is 0 Å². The van der Waals surface area contributed by atoms with Gasteiger partial charge in [0.1, 0.15) is 0 Å². The second-order valence-electron chi connectivity index (χ2n) is 3.57. The Morgan fingerprint density at radius 3 is 3.08 bits per heavy atom. The first kappa shape index (κ1) is 7.74. The maximum atomic E-state index is 5.58. The minimum Gasteiger partial charge on any atom is -0.330 e. The summed E-state index contributed by atoms with van der Waals surface area (Å²) in [5.74, 6) is 1.45. The van der Waals surface area contributed by atoms with Crippen molar-refractivity contribution in [3.05, 3.63) is 29.6 Å². The van der Waals surface area contributed by atoms with Crippen LogP contribution in [0.5, 0.6) is 0 Å². The first-order valence-corrected chi connectivity index (χ1v) is 4.44. The van der Waals surface area contributed by atoms with Gasteiger partial charge in [-0.15, -0.1) is 0 Å². The van der Waals surface area contributed by atoms with E-state index in [0.29, 0.717) is 0 Å². The number of aryl methyl sites for hydroxylation is 1. The molecule has 0 radical (unpaired) electrons. The van der Waals surface area contributed by atoms with E-state index >= 15 is 0 Å². The highest BCUT2D eigenvalue weighted by Crippen LogP contribution is 2.46. The molecule has 1 fully saturated rings. The molecule has 1 aliphatic rings. The van der Waals surface area contributed by atoms with Crippen LogP contribution in [0, 0.1) is 12.8 Å². The van der Waals surface area contributed by atoms with Crippen LogP contribution < -0.4 is 5.73 Å². The lowest BCUT2D eigenvalue weighted by Crippen LogP contribution is -2.02. The Morgan fingerprint density at radius 2 is 2.50 bits per heavy atom. The highest BCUT2D eigenvalue weighted by atomic mass is 14.7. The van der Waals surface area contributed by atoms with E-state index in [1.807, 2.05) is 13.1 Å². The second kappa shape index (κ2) is 2.87. The van der Waals surface area contributed by atoms with Crippen molar-refractivity contribution in [2.45, 2.75) is 19.3 Å². The predicted octanol–water partition coefficient (Wildman–Crippen LogP) is 1.45. The van der Waals surface area contributed by atoms with Crippen LogP contribution in [0.3, 0.4) is 0 Å². The summed E-state index contributed by atoms with van der Waals surface area (Å²) in [5, 5.41) is 0. The maximum absolute atomic E-state index is 5.58. The molecule has 1 saturated carbocycles. The van der Waals surface area contributed by atoms with Gasteiger partial charge in [-0.2, -0.15) is 0 Å². The fraction of sp³-hybridized carbons (Fsp3) is 0.500. The lowest BCUT2D eigenvalue weighted by molar-refractivity contribution is 0.808. The van der Waals surface area contributed by atoms with Gasteiger partial charge < -0.3 is 5.73 Å². The predicted molar refractivity (Wildman–Crippen MR) is 48.9 cm³/mol. The lowest BCUT2D eigenvalue weighted by atomic mass is 10.1. The molecule has 2 nitrogen and oxygen atoms in total. The lowest BCUT2D eigenvalue weighted by Gasteiger charge is -1.99. The maximum Gasteiger partial charge on any atom is 0.0375 e. The molecule has 2 N–H and O–H groups in total. The smallest absolute Gasteiger partial charge is 0.0375 e. The Balaban J connectivity index is 2.14. The summed E-state index contributed by atoms with van der Waals surface area (Å²) in [6.07, 6.45) is 3.15. The highest BCUT2D eigenvalue weighted by Gasteiger charge is 2.36. The van der Waals surface area contributed by atoms with Crippen molar-refractivity contribution in [3.63, 3.8) is 0 Å². The molecular weight excluding hydrogens is 148 g/mol. The number of aromatic nitrogens is 1. The average Bonchev–Trinajstić information content (AvgIpc) is 2.83. The Kier molecular flexibility index (Phi) is 1.85. The molecule has 1 heterocycles. The van der Waals surface area contributed by atoms with Crippen molar-refractivity contribution in [1.82, 2.24) is 4.98 Å². The number of nitrogens with two attached hydrogens (primary N) is 1. The summed E-state index contributed by atoms with van der Waals surface area (Å²) >= 11 is 0. The molecule has 1 aromatic heterocycles. The van der Waals surface area contributed by atoms with E-state index in [9.17, 15) is 0 Å². The first-order valence-electron chi connectivity index (χ1n) is 4.44. The van der Waals surface area contributed by atoms with Gasteiger partial charge in [0.15, 0.2) is 0 Å². The molecule has 12 heavy (non-hydrogen) atoms. The molecule has 0 aliphatic heterocycles. The molecule has 0 aromatic carbocycles. The average molecular weight is 162 g/mol. The van der Waals surface area contributed by atoms with Gasteiger partial charge in [-0.3, -0.25) is 4.98 Å². The van der Waals surface area contributed by atoms with Crippen LogP contribution in [-0.2, 0) is 0 Å². The number of nitrogens with zero attached hydrogens (tertiary/aromatic N) is 1. The monoisotopic (exact) mass is 162 g/mol. The van der Waals surface area contributed by atoms with Crippen LogP contribution >= 0.6 is 0 Å². The van der Waals surface area contributed by atoms with Crippen molar-refractivity contribution in [1.29, 1.82) is 0 Å². The van der Waals surface area contributed by atoms with Gasteiger partial charge in [0.25, 0.3) is 0 Å². The van der Waals surface area contributed by atoms with E-state index in [0.717, 1.165) is 24.1 Å². The summed E-state index contributed by atoms with van der Waals surface area (Å²) in [7, 11) is 0. The van der Waals surface area contributed by atoms with Crippen molar-refractivity contribution < 1.29 is 0 Å². The van der Waals surface area contributed by atoms with E-state index in [1.165, 1.54) is 12.0 Å². The Bertz CT molecular complexity index is 283. The molecule has 1 aromatic rings. The van der Waals surface area contributed by atoms with Gasteiger partial charge in [-0.05, 0) is 49.4 Å². The molecule has 0 amide bonds. The molecule has 0 spiro atoms. The van der Waals surface area contributed by atoms with Gasteiger partial charge >= 0.3 is 0 Å². The van der Waals surface area contributed by atoms with Crippen molar-refractivity contribution in [3.8, 4) is 0 Å². The molecule has 2 rings (SSSR count). The van der Waals surface area contributed by atoms with E-state index in [1.54, 1.807) is 0 Å². The molecule has 2 atom stereocenters. The number of pyridine rings is 1. The topological polar surface area (TPSA) is 38.9 Å². The highest BCUT2D eigenvalue weighted by molar-refractivity contribution is 5.26. The normalized spacial score (nSPS) is 27.2. The summed E-state index contributed by atoms with van der Waals surface area (Å²) in [4.78, 5) is 4.17. The number of rotatable bonds is 2. The van der Waals surface area contributed by atoms with E-state index in [4.69, 9.17) is 5.73 Å². The third-order valence-corrected chi connectivity index (χ3v) is 2.57. The molecule has 1 aliphatic carbocycles. The first-order chi connectivity index (χ1) is 5.81. The van der Waals surface area contributed by atoms with E-state index in [-0.39, 0.29) is 0 Å². The van der Waals surface area contributed by atoms with Crippen LogP contribution in [0.2, 0.25) is 0 Å². The fourth-order valence-corrected chi connectivity index (χ4v) is 1.71. The number of hydrogen-bond donors (Lipinski definition) is 1. The van der Waals surface area contributed by atoms with E-state index < -0.39 is 0 Å². The third kappa shape index (κ3) is 1.34. The summed E-state index contributed by atoms with van der Waals surface area (Å²) in [6.45, 7) is 2.86. The zero-order valence-electron chi connectivity index (χ0n) is 7.33. The SMILES string of the molecule is Cc1cc(C2CC2CN)ccn1. The van der Waals surface area contributed by atoms with Crippen LogP contribution in [-0.4, -0.2) is 11.5 Å². The summed E-state index contributed by atoms with van der Waals surface area (Å²) in [5.41, 5.74) is 8.11. The van der Waals surface area contributed by atoms with Gasteiger partial charge in [0.05, 0.1) is 0 Å². The zero-order chi connectivity index (χ0) is 8.55. The second-order valence-corrected chi connectivity index (χ2v) is 3.57. The summed E-state index contributed by atoms with van der Waals surface area (Å²) in [6, 6.07) is 4.27. The minimum atomic E-state index is 0.719. The number of hydrogen-bond acceptors (Lipinski definition) is 2. The Hall–Kier alpha value is -0.890. The molecule has 0 saturated heterocycles. The fourth-order valence-electron chi connectivity index (χ4n) is 1.71. The zero-order valence-corrected chi connectivity index (χ0v) is 7.33. The Labute approximate surface area is 72.8 Å². The van der Waals surface area contributed by atoms with Crippen molar-refractivity contribution in [2.24, 2.45) is 11.7 Å². The third-order valence-electron chi connectivity index (χ3n) is 2.57. The van der Waals surface area contributed by atoms with Gasteiger partial charge in [-0.25, -0.2) is 0 Å². The minimum absolute atomic E-state index is 0.719. The van der Waals surface area contributed by atoms with E-state index in [2.05, 4.69) is 17.1 Å². The molecule has 2 heteroatoms. The van der Waals surface area contributed by atoms with Gasteiger partial charge in [0, 0.05) is 11.9 Å². The molecule has 0 bridgehead atoms. The van der Waals surface area contributed by atoms with Gasteiger partial charge in [-0.1, -0.05) is 0 Å². The summed E-state index contributed by atoms with van der Waals surface area (Å²) < 4.78 is 0. The van der Waals surface area contributed by atoms with Crippen molar-refractivity contribution >= 4 is 0 Å². The largest absolute Gasteiger partial charge is 0.330 e. The van der Waals surface area contributed by atoms with Crippen molar-refractivity contribution in [2.75, 3.05) is 6.54 Å². The Morgan fingerprint density at radius 1 is 1.67 bits per heavy atom. The molecular formula is C10H14N2.